The predicted molar refractivity (Wildman–Crippen MR) is 126 cm³/mol. The zero-order valence-corrected chi connectivity index (χ0v) is 19.6. The lowest BCUT2D eigenvalue weighted by molar-refractivity contribution is -0.130. The molecule has 2 saturated heterocycles. The van der Waals surface area contributed by atoms with Gasteiger partial charge in [-0.3, -0.25) is 9.59 Å². The quantitative estimate of drug-likeness (QED) is 0.580. The van der Waals surface area contributed by atoms with Crippen molar-refractivity contribution in [3.8, 4) is 0 Å². The maximum absolute atomic E-state index is 12.6. The van der Waals surface area contributed by atoms with Crippen LogP contribution in [0.15, 0.2) is 24.3 Å². The highest BCUT2D eigenvalue weighted by Crippen LogP contribution is 2.23. The number of nitrogens with zero attached hydrogens (tertiary/aromatic N) is 3. The molecule has 2 amide bonds. The number of rotatable bonds is 7. The summed E-state index contributed by atoms with van der Waals surface area (Å²) in [6.07, 6.45) is 4.61. The maximum Gasteiger partial charge on any atom is 0.246 e. The van der Waals surface area contributed by atoms with Gasteiger partial charge in [-0.05, 0) is 49.7 Å². The lowest BCUT2D eigenvalue weighted by Crippen LogP contribution is -2.46. The molecule has 2 N–H and O–H groups in total. The van der Waals surface area contributed by atoms with E-state index in [1.165, 1.54) is 6.08 Å². The third-order valence-electron chi connectivity index (χ3n) is 6.20. The molecule has 176 valence electrons. The summed E-state index contributed by atoms with van der Waals surface area (Å²) in [5, 5.41) is 20.2. The van der Waals surface area contributed by atoms with Gasteiger partial charge in [-0.15, -0.1) is 0 Å². The van der Waals surface area contributed by atoms with Crippen LogP contribution >= 0.6 is 23.2 Å². The minimum Gasteiger partial charge on any atom is -0.396 e. The normalized spacial score (nSPS) is 23.1. The van der Waals surface area contributed by atoms with Crippen LogP contribution in [0.4, 0.5) is 0 Å². The summed E-state index contributed by atoms with van der Waals surface area (Å²) in [5.74, 6) is -0.105. The lowest BCUT2D eigenvalue weighted by Gasteiger charge is -2.35. The van der Waals surface area contributed by atoms with Gasteiger partial charge in [-0.2, -0.15) is 0 Å². The molecule has 2 unspecified atom stereocenters. The van der Waals surface area contributed by atoms with E-state index in [0.29, 0.717) is 49.2 Å². The van der Waals surface area contributed by atoms with E-state index in [1.807, 2.05) is 4.90 Å². The third kappa shape index (κ3) is 6.93. The van der Waals surface area contributed by atoms with Crippen molar-refractivity contribution in [3.63, 3.8) is 0 Å². The minimum atomic E-state index is -0.495. The Morgan fingerprint density at radius 3 is 2.66 bits per heavy atom. The van der Waals surface area contributed by atoms with Gasteiger partial charge >= 0.3 is 0 Å². The summed E-state index contributed by atoms with van der Waals surface area (Å²) < 4.78 is 0. The van der Waals surface area contributed by atoms with Gasteiger partial charge in [-0.25, -0.2) is 0 Å². The molecular formula is C23H31Cl2N3O4. The summed E-state index contributed by atoms with van der Waals surface area (Å²) >= 11 is 11.9. The number of hydrogen-bond donors (Lipinski definition) is 2. The van der Waals surface area contributed by atoms with Crippen molar-refractivity contribution in [2.24, 2.45) is 5.92 Å². The number of amides is 2. The average molecular weight is 484 g/mol. The fraction of sp³-hybridized carbons (Fsp3) is 0.565. The molecule has 3 rings (SSSR count). The van der Waals surface area contributed by atoms with E-state index >= 15 is 0 Å². The number of carbonyl (C=O) groups is 2. The van der Waals surface area contributed by atoms with E-state index in [1.54, 1.807) is 29.2 Å². The van der Waals surface area contributed by atoms with Crippen LogP contribution in [0.25, 0.3) is 6.08 Å². The largest absolute Gasteiger partial charge is 0.396 e. The van der Waals surface area contributed by atoms with Gasteiger partial charge in [0.25, 0.3) is 0 Å². The molecule has 0 saturated carbocycles. The summed E-state index contributed by atoms with van der Waals surface area (Å²) in [6, 6.07) is 5.18. The molecule has 32 heavy (non-hydrogen) atoms. The van der Waals surface area contributed by atoms with Crippen LogP contribution in [-0.2, 0) is 9.59 Å². The molecule has 2 fully saturated rings. The van der Waals surface area contributed by atoms with Crippen molar-refractivity contribution < 1.29 is 19.8 Å². The van der Waals surface area contributed by atoms with Crippen molar-refractivity contribution >= 4 is 41.1 Å². The van der Waals surface area contributed by atoms with Crippen LogP contribution in [0.3, 0.4) is 0 Å². The van der Waals surface area contributed by atoms with Gasteiger partial charge in [0.1, 0.15) is 0 Å². The Bertz CT molecular complexity index is 835. The molecule has 9 heteroatoms. The molecule has 0 radical (unpaired) electrons. The molecule has 1 aromatic carbocycles. The van der Waals surface area contributed by atoms with E-state index < -0.39 is 6.10 Å². The molecule has 1 aromatic rings. The van der Waals surface area contributed by atoms with Gasteiger partial charge in [0.15, 0.2) is 0 Å². The van der Waals surface area contributed by atoms with E-state index in [0.717, 1.165) is 31.5 Å². The number of piperidine rings is 1. The first-order valence-corrected chi connectivity index (χ1v) is 11.8. The average Bonchev–Trinajstić information content (AvgIpc) is 2.96. The van der Waals surface area contributed by atoms with Gasteiger partial charge in [0.2, 0.25) is 11.8 Å². The number of aliphatic hydroxyl groups is 2. The Balaban J connectivity index is 1.44. The Labute approximate surface area is 199 Å². The number of likely N-dealkylation sites (tertiary alicyclic amines) is 1. The van der Waals surface area contributed by atoms with Crippen LogP contribution < -0.4 is 0 Å². The first-order valence-electron chi connectivity index (χ1n) is 11.1. The second kappa shape index (κ2) is 12.0. The molecule has 0 aliphatic carbocycles. The smallest absolute Gasteiger partial charge is 0.246 e. The van der Waals surface area contributed by atoms with Gasteiger partial charge in [0, 0.05) is 57.7 Å². The Morgan fingerprint density at radius 2 is 1.94 bits per heavy atom. The minimum absolute atomic E-state index is 0.0230. The Kier molecular flexibility index (Phi) is 9.37. The van der Waals surface area contributed by atoms with Crippen molar-refractivity contribution in [1.82, 2.24) is 14.7 Å². The van der Waals surface area contributed by atoms with Crippen LogP contribution in [-0.4, -0.2) is 95.3 Å². The molecule has 2 aliphatic rings. The van der Waals surface area contributed by atoms with Gasteiger partial charge in [-0.1, -0.05) is 29.3 Å². The fourth-order valence-electron chi connectivity index (χ4n) is 4.16. The standard InChI is InChI=1S/C23H31Cl2N3O4/c24-19-4-2-17(14-20(19)25)3-5-22(31)28-11-7-23(32)27(12-13-28)9-1-8-26-10-6-18(16-29)21(30)15-26/h2-5,14,18,21,29-30H,1,6-13,15-16H2/b5-3+. The molecular weight excluding hydrogens is 453 g/mol. The van der Waals surface area contributed by atoms with Gasteiger partial charge in [0.05, 0.1) is 16.1 Å². The van der Waals surface area contributed by atoms with Crippen LogP contribution in [0.2, 0.25) is 10.0 Å². The second-order valence-corrected chi connectivity index (χ2v) is 9.23. The predicted octanol–water partition coefficient (Wildman–Crippen LogP) is 2.13. The van der Waals surface area contributed by atoms with E-state index in [-0.39, 0.29) is 24.3 Å². The Hall–Kier alpha value is -1.64. The fourth-order valence-corrected chi connectivity index (χ4v) is 4.47. The highest BCUT2D eigenvalue weighted by atomic mass is 35.5. The van der Waals surface area contributed by atoms with Crippen molar-refractivity contribution in [2.45, 2.75) is 25.4 Å². The number of β-amino-alcohol motifs (C(OH)–C–C–N with tert-alkyl or cyclic N) is 1. The van der Waals surface area contributed by atoms with Crippen LogP contribution in [0.1, 0.15) is 24.8 Å². The Morgan fingerprint density at radius 1 is 1.12 bits per heavy atom. The SMILES string of the molecule is O=C(/C=C/c1ccc(Cl)c(Cl)c1)N1CCC(=O)N(CCCN2CCC(CO)C(O)C2)CC1. The van der Waals surface area contributed by atoms with Crippen molar-refractivity contribution in [3.05, 3.63) is 39.9 Å². The topological polar surface area (TPSA) is 84.3 Å². The summed E-state index contributed by atoms with van der Waals surface area (Å²) in [5.41, 5.74) is 0.786. The van der Waals surface area contributed by atoms with Gasteiger partial charge < -0.3 is 24.9 Å². The molecule has 0 bridgehead atoms. The molecule has 2 heterocycles. The second-order valence-electron chi connectivity index (χ2n) is 8.42. The zero-order chi connectivity index (χ0) is 23.1. The molecule has 0 spiro atoms. The van der Waals surface area contributed by atoms with Crippen molar-refractivity contribution in [1.29, 1.82) is 0 Å². The number of benzene rings is 1. The summed E-state index contributed by atoms with van der Waals surface area (Å²) in [6.45, 7) is 4.29. The van der Waals surface area contributed by atoms with Crippen LogP contribution in [0.5, 0.6) is 0 Å². The highest BCUT2D eigenvalue weighted by Gasteiger charge is 2.27. The number of hydrogen-bond acceptors (Lipinski definition) is 5. The van der Waals surface area contributed by atoms with Crippen LogP contribution in [0, 0.1) is 5.92 Å². The summed E-state index contributed by atoms with van der Waals surface area (Å²) in [7, 11) is 0. The van der Waals surface area contributed by atoms with Crippen molar-refractivity contribution in [2.75, 3.05) is 52.4 Å². The first kappa shape index (κ1) is 25.0. The number of carbonyl (C=O) groups excluding carboxylic acids is 2. The lowest BCUT2D eigenvalue weighted by atomic mass is 9.95. The van der Waals surface area contributed by atoms with E-state index in [9.17, 15) is 19.8 Å². The maximum atomic E-state index is 12.6. The highest BCUT2D eigenvalue weighted by molar-refractivity contribution is 6.42. The zero-order valence-electron chi connectivity index (χ0n) is 18.1. The summed E-state index contributed by atoms with van der Waals surface area (Å²) in [4.78, 5) is 30.8. The third-order valence-corrected chi connectivity index (χ3v) is 6.94. The number of aliphatic hydroxyl groups excluding tert-OH is 2. The van der Waals surface area contributed by atoms with E-state index in [4.69, 9.17) is 23.2 Å². The molecule has 0 aromatic heterocycles. The molecule has 7 nitrogen and oxygen atoms in total. The number of halogens is 2. The first-order chi connectivity index (χ1) is 15.4. The molecule has 2 aliphatic heterocycles. The monoisotopic (exact) mass is 483 g/mol. The van der Waals surface area contributed by atoms with E-state index in [2.05, 4.69) is 4.90 Å². The molecule has 2 atom stereocenters.